The predicted octanol–water partition coefficient (Wildman–Crippen LogP) is 3.24. The second kappa shape index (κ2) is 6.03. The molecule has 0 spiro atoms. The lowest BCUT2D eigenvalue weighted by Gasteiger charge is -2.41. The molecular weight excluding hydrogens is 346 g/mol. The molecule has 0 unspecified atom stereocenters. The van der Waals surface area contributed by atoms with Crippen LogP contribution in [0.1, 0.15) is 44.1 Å². The van der Waals surface area contributed by atoms with Crippen LogP contribution in [0.15, 0.2) is 28.7 Å². The van der Waals surface area contributed by atoms with E-state index in [-0.39, 0.29) is 17.9 Å². The molecule has 22 heavy (non-hydrogen) atoms. The average molecular weight is 366 g/mol. The lowest BCUT2D eigenvalue weighted by atomic mass is 9.63. The molecule has 0 saturated heterocycles. The van der Waals surface area contributed by atoms with E-state index in [1.54, 1.807) is 0 Å². The van der Waals surface area contributed by atoms with E-state index < -0.39 is 11.4 Å². The van der Waals surface area contributed by atoms with Gasteiger partial charge in [0.1, 0.15) is 0 Å². The molecule has 3 rings (SSSR count). The summed E-state index contributed by atoms with van der Waals surface area (Å²) < 4.78 is 1.01. The summed E-state index contributed by atoms with van der Waals surface area (Å²) in [4.78, 5) is 23.8. The molecule has 118 valence electrons. The van der Waals surface area contributed by atoms with Crippen molar-refractivity contribution in [3.05, 3.63) is 34.3 Å². The Morgan fingerprint density at radius 3 is 2.36 bits per heavy atom. The smallest absolute Gasteiger partial charge is 0.306 e. The fourth-order valence-electron chi connectivity index (χ4n) is 3.61. The maximum atomic E-state index is 12.8. The molecule has 4 nitrogen and oxygen atoms in total. The van der Waals surface area contributed by atoms with Crippen LogP contribution in [-0.4, -0.2) is 23.0 Å². The Hall–Kier alpha value is -1.36. The van der Waals surface area contributed by atoms with Crippen molar-refractivity contribution in [2.45, 2.75) is 50.0 Å². The molecule has 2 aliphatic rings. The van der Waals surface area contributed by atoms with Gasteiger partial charge in [-0.05, 0) is 49.8 Å². The van der Waals surface area contributed by atoms with Crippen molar-refractivity contribution in [1.82, 2.24) is 5.32 Å². The Morgan fingerprint density at radius 1 is 1.18 bits per heavy atom. The molecule has 1 aromatic carbocycles. The van der Waals surface area contributed by atoms with E-state index in [2.05, 4.69) is 21.2 Å². The fourth-order valence-corrected chi connectivity index (χ4v) is 3.87. The van der Waals surface area contributed by atoms with Crippen molar-refractivity contribution < 1.29 is 14.7 Å². The Labute approximate surface area is 138 Å². The molecule has 2 aliphatic carbocycles. The Balaban J connectivity index is 1.70. The van der Waals surface area contributed by atoms with Gasteiger partial charge in [-0.25, -0.2) is 0 Å². The molecular formula is C17H20BrNO3. The number of carboxylic acid groups (broad SMARTS) is 1. The van der Waals surface area contributed by atoms with Gasteiger partial charge in [-0.15, -0.1) is 0 Å². The zero-order chi connectivity index (χ0) is 15.7. The number of aliphatic carboxylic acids is 1. The summed E-state index contributed by atoms with van der Waals surface area (Å²) in [6.45, 7) is 0. The van der Waals surface area contributed by atoms with Crippen molar-refractivity contribution in [3.63, 3.8) is 0 Å². The van der Waals surface area contributed by atoms with Crippen molar-refractivity contribution >= 4 is 27.8 Å². The van der Waals surface area contributed by atoms with Gasteiger partial charge in [0.05, 0.1) is 11.3 Å². The second-order valence-corrected chi connectivity index (χ2v) is 7.38. The van der Waals surface area contributed by atoms with E-state index in [9.17, 15) is 9.59 Å². The Kier molecular flexibility index (Phi) is 4.26. The van der Waals surface area contributed by atoms with Crippen LogP contribution in [0.3, 0.4) is 0 Å². The van der Waals surface area contributed by atoms with Crippen LogP contribution in [0.25, 0.3) is 0 Å². The van der Waals surface area contributed by atoms with Gasteiger partial charge in [0, 0.05) is 10.5 Å². The minimum Gasteiger partial charge on any atom is -0.481 e. The molecule has 2 N–H and O–H groups in total. The third-order valence-electron chi connectivity index (χ3n) is 5.16. The summed E-state index contributed by atoms with van der Waals surface area (Å²) in [5, 5.41) is 12.2. The summed E-state index contributed by atoms with van der Waals surface area (Å²) in [6.07, 6.45) is 4.78. The van der Waals surface area contributed by atoms with Crippen LogP contribution in [-0.2, 0) is 15.0 Å². The fraction of sp³-hybridized carbons (Fsp3) is 0.529. The largest absolute Gasteiger partial charge is 0.481 e. The predicted molar refractivity (Wildman–Crippen MR) is 86.6 cm³/mol. The topological polar surface area (TPSA) is 66.4 Å². The van der Waals surface area contributed by atoms with Gasteiger partial charge in [0.2, 0.25) is 5.91 Å². The summed E-state index contributed by atoms with van der Waals surface area (Å²) in [5.41, 5.74) is 0.648. The minimum absolute atomic E-state index is 0.00141. The van der Waals surface area contributed by atoms with Crippen LogP contribution < -0.4 is 5.32 Å². The van der Waals surface area contributed by atoms with Gasteiger partial charge >= 0.3 is 5.97 Å². The molecule has 1 amide bonds. The van der Waals surface area contributed by atoms with Crippen molar-refractivity contribution in [3.8, 4) is 0 Å². The van der Waals surface area contributed by atoms with E-state index in [0.29, 0.717) is 12.8 Å². The van der Waals surface area contributed by atoms with Crippen molar-refractivity contribution in [1.29, 1.82) is 0 Å². The summed E-state index contributed by atoms with van der Waals surface area (Å²) in [7, 11) is 0. The lowest BCUT2D eigenvalue weighted by molar-refractivity contribution is -0.141. The molecule has 0 aromatic heterocycles. The third-order valence-corrected chi connectivity index (χ3v) is 5.68. The van der Waals surface area contributed by atoms with Gasteiger partial charge in [0.15, 0.2) is 0 Å². The molecule has 2 atom stereocenters. The van der Waals surface area contributed by atoms with E-state index in [4.69, 9.17) is 5.11 Å². The number of rotatable bonds is 4. The zero-order valence-corrected chi connectivity index (χ0v) is 13.9. The second-order valence-electron chi connectivity index (χ2n) is 6.46. The molecule has 0 radical (unpaired) electrons. The monoisotopic (exact) mass is 365 g/mol. The normalized spacial score (nSPS) is 26.2. The molecule has 0 bridgehead atoms. The SMILES string of the molecule is O=C(O)[C@@H]1CC[C@H](NC(=O)C2(c3ccc(Br)cc3)CCC2)C1. The number of benzene rings is 1. The highest BCUT2D eigenvalue weighted by molar-refractivity contribution is 9.10. The third kappa shape index (κ3) is 2.78. The number of amides is 1. The van der Waals surface area contributed by atoms with Crippen molar-refractivity contribution in [2.75, 3.05) is 0 Å². The number of nitrogens with one attached hydrogen (secondary N) is 1. The highest BCUT2D eigenvalue weighted by Gasteiger charge is 2.46. The number of carboxylic acids is 1. The Bertz CT molecular complexity index is 580. The van der Waals surface area contributed by atoms with E-state index in [1.807, 2.05) is 24.3 Å². The molecule has 0 heterocycles. The van der Waals surface area contributed by atoms with Crippen LogP contribution in [0.2, 0.25) is 0 Å². The number of carbonyl (C=O) groups is 2. The van der Waals surface area contributed by atoms with Crippen LogP contribution in [0.4, 0.5) is 0 Å². The highest BCUT2D eigenvalue weighted by Crippen LogP contribution is 2.44. The zero-order valence-electron chi connectivity index (χ0n) is 12.3. The standard InChI is InChI=1S/C17H20BrNO3/c18-13-5-3-12(4-6-13)17(8-1-9-17)16(22)19-14-7-2-11(10-14)15(20)21/h3-6,11,14H,1-2,7-10H2,(H,19,22)(H,20,21)/t11-,14+/m1/s1. The van der Waals surface area contributed by atoms with Gasteiger partial charge in [-0.1, -0.05) is 34.5 Å². The van der Waals surface area contributed by atoms with Gasteiger partial charge in [0.25, 0.3) is 0 Å². The highest BCUT2D eigenvalue weighted by atomic mass is 79.9. The molecule has 1 aromatic rings. The van der Waals surface area contributed by atoms with E-state index in [0.717, 1.165) is 35.7 Å². The first-order valence-electron chi connectivity index (χ1n) is 7.81. The van der Waals surface area contributed by atoms with Gasteiger partial charge < -0.3 is 10.4 Å². The van der Waals surface area contributed by atoms with E-state index in [1.165, 1.54) is 0 Å². The maximum Gasteiger partial charge on any atom is 0.306 e. The summed E-state index contributed by atoms with van der Waals surface area (Å²) in [6, 6.07) is 7.97. The van der Waals surface area contributed by atoms with Crippen LogP contribution >= 0.6 is 15.9 Å². The lowest BCUT2D eigenvalue weighted by Crippen LogP contribution is -2.51. The van der Waals surface area contributed by atoms with Crippen LogP contribution in [0, 0.1) is 5.92 Å². The molecule has 2 saturated carbocycles. The Morgan fingerprint density at radius 2 is 1.86 bits per heavy atom. The number of halogens is 1. The van der Waals surface area contributed by atoms with Gasteiger partial charge in [-0.2, -0.15) is 0 Å². The summed E-state index contributed by atoms with van der Waals surface area (Å²) in [5.74, 6) is -0.990. The minimum atomic E-state index is -0.747. The quantitative estimate of drug-likeness (QED) is 0.860. The first-order valence-corrected chi connectivity index (χ1v) is 8.60. The number of carbonyl (C=O) groups excluding carboxylic acids is 1. The molecule has 2 fully saturated rings. The number of hydrogen-bond donors (Lipinski definition) is 2. The first-order chi connectivity index (χ1) is 10.5. The van der Waals surface area contributed by atoms with Crippen LogP contribution in [0.5, 0.6) is 0 Å². The van der Waals surface area contributed by atoms with Gasteiger partial charge in [-0.3, -0.25) is 9.59 Å². The van der Waals surface area contributed by atoms with Crippen molar-refractivity contribution in [2.24, 2.45) is 5.92 Å². The summed E-state index contributed by atoms with van der Waals surface area (Å²) >= 11 is 3.42. The molecule has 0 aliphatic heterocycles. The number of hydrogen-bond acceptors (Lipinski definition) is 2. The maximum absolute atomic E-state index is 12.8. The first kappa shape index (κ1) is 15.5. The molecule has 5 heteroatoms. The average Bonchev–Trinajstić information content (AvgIpc) is 2.88. The van der Waals surface area contributed by atoms with E-state index >= 15 is 0 Å².